The summed E-state index contributed by atoms with van der Waals surface area (Å²) in [4.78, 5) is 72.4. The minimum absolute atomic E-state index is 0.102. The molecule has 0 spiro atoms. The molecule has 17 nitrogen and oxygen atoms in total. The lowest BCUT2D eigenvalue weighted by atomic mass is 10.0. The third-order valence-electron chi connectivity index (χ3n) is 15.6. The first-order valence-corrected chi connectivity index (χ1v) is 38.2. The van der Waals surface area contributed by atoms with Gasteiger partial charge in [-0.2, -0.15) is 0 Å². The molecule has 0 aromatic carbocycles. The maximum atomic E-state index is 13.0. The number of carbonyl (C=O) groups excluding carboxylic acids is 4. The Morgan fingerprint density at radius 3 is 0.713 bits per heavy atom. The van der Waals surface area contributed by atoms with Crippen LogP contribution in [0.3, 0.4) is 0 Å². The highest BCUT2D eigenvalue weighted by Crippen LogP contribution is 2.45. The van der Waals surface area contributed by atoms with Crippen molar-refractivity contribution >= 4 is 39.5 Å². The number of unbranched alkanes of at least 4 members (excludes halogenated alkanes) is 31. The summed E-state index contributed by atoms with van der Waals surface area (Å²) in [5.41, 5.74) is 0. The molecule has 0 rings (SSSR count). The van der Waals surface area contributed by atoms with Crippen molar-refractivity contribution in [2.24, 2.45) is 23.7 Å². The lowest BCUT2D eigenvalue weighted by Crippen LogP contribution is -2.30. The highest BCUT2D eigenvalue weighted by molar-refractivity contribution is 7.47. The van der Waals surface area contributed by atoms with Crippen LogP contribution in [0.25, 0.3) is 0 Å². The largest absolute Gasteiger partial charge is 0.472 e. The third kappa shape index (κ3) is 62.6. The van der Waals surface area contributed by atoms with Gasteiger partial charge in [0.15, 0.2) is 12.2 Å². The molecule has 3 N–H and O–H groups in total. The Kier molecular flexibility index (Phi) is 56.6. The fourth-order valence-corrected chi connectivity index (χ4v) is 11.7. The second-order valence-electron chi connectivity index (χ2n) is 26.5. The fourth-order valence-electron chi connectivity index (χ4n) is 10.1. The van der Waals surface area contributed by atoms with E-state index in [9.17, 15) is 43.2 Å². The maximum absolute atomic E-state index is 13.0. The van der Waals surface area contributed by atoms with Crippen LogP contribution in [-0.2, 0) is 65.4 Å². The van der Waals surface area contributed by atoms with E-state index < -0.39 is 97.5 Å². The Morgan fingerprint density at radius 1 is 0.287 bits per heavy atom. The number of esters is 4. The van der Waals surface area contributed by atoms with Crippen LogP contribution in [0.4, 0.5) is 0 Å². The molecular formula is C68H132O17P2. The molecule has 0 aromatic heterocycles. The average Bonchev–Trinajstić information content (AvgIpc) is 3.68. The molecule has 0 amide bonds. The summed E-state index contributed by atoms with van der Waals surface area (Å²) >= 11 is 0. The lowest BCUT2D eigenvalue weighted by molar-refractivity contribution is -0.161. The zero-order valence-electron chi connectivity index (χ0n) is 56.6. The van der Waals surface area contributed by atoms with E-state index in [0.29, 0.717) is 37.5 Å². The van der Waals surface area contributed by atoms with Crippen LogP contribution in [0.5, 0.6) is 0 Å². The van der Waals surface area contributed by atoms with Crippen molar-refractivity contribution in [3.63, 3.8) is 0 Å². The van der Waals surface area contributed by atoms with E-state index in [4.69, 9.17) is 37.0 Å². The van der Waals surface area contributed by atoms with Gasteiger partial charge in [-0.15, -0.1) is 0 Å². The van der Waals surface area contributed by atoms with Gasteiger partial charge in [-0.25, -0.2) is 9.13 Å². The van der Waals surface area contributed by atoms with E-state index in [-0.39, 0.29) is 25.7 Å². The number of phosphoric ester groups is 2. The summed E-state index contributed by atoms with van der Waals surface area (Å²) in [6, 6.07) is 0. The normalized spacial score (nSPS) is 14.3. The quantitative estimate of drug-likeness (QED) is 0.0222. The van der Waals surface area contributed by atoms with Gasteiger partial charge in [0.25, 0.3) is 0 Å². The minimum Gasteiger partial charge on any atom is -0.462 e. The molecule has 516 valence electrons. The first kappa shape index (κ1) is 85.1. The van der Waals surface area contributed by atoms with E-state index in [0.717, 1.165) is 108 Å². The van der Waals surface area contributed by atoms with Gasteiger partial charge in [0.05, 0.1) is 26.4 Å². The van der Waals surface area contributed by atoms with Crippen LogP contribution in [0, 0.1) is 23.7 Å². The number of aliphatic hydroxyl groups is 1. The Labute approximate surface area is 530 Å². The second kappa shape index (κ2) is 57.9. The predicted molar refractivity (Wildman–Crippen MR) is 349 cm³/mol. The number of hydrogen-bond donors (Lipinski definition) is 3. The van der Waals surface area contributed by atoms with Gasteiger partial charge in [0.1, 0.15) is 19.3 Å². The molecule has 0 aliphatic heterocycles. The van der Waals surface area contributed by atoms with Crippen molar-refractivity contribution in [1.82, 2.24) is 0 Å². The number of hydrogen-bond acceptors (Lipinski definition) is 15. The summed E-state index contributed by atoms with van der Waals surface area (Å²) in [5.74, 6) is 0.778. The van der Waals surface area contributed by atoms with Gasteiger partial charge in [-0.3, -0.25) is 37.3 Å². The molecule has 0 saturated heterocycles. The number of phosphoric acid groups is 2. The van der Waals surface area contributed by atoms with E-state index >= 15 is 0 Å². The number of aliphatic hydroxyl groups excluding tert-OH is 1. The second-order valence-corrected chi connectivity index (χ2v) is 29.4. The van der Waals surface area contributed by atoms with Gasteiger partial charge in [-0.05, 0) is 49.4 Å². The van der Waals surface area contributed by atoms with Crippen LogP contribution in [0.1, 0.15) is 331 Å². The maximum Gasteiger partial charge on any atom is 0.472 e. The van der Waals surface area contributed by atoms with Crippen molar-refractivity contribution in [1.29, 1.82) is 0 Å². The topological polar surface area (TPSA) is 237 Å². The molecule has 0 fully saturated rings. The zero-order valence-corrected chi connectivity index (χ0v) is 58.4. The summed E-state index contributed by atoms with van der Waals surface area (Å²) in [6.07, 6.45) is 39.2. The fraction of sp³-hybridized carbons (Fsp3) is 0.941. The average molecular weight is 1280 g/mol. The van der Waals surface area contributed by atoms with Crippen molar-refractivity contribution < 1.29 is 80.2 Å². The molecule has 3 unspecified atom stereocenters. The Bertz CT molecular complexity index is 1730. The van der Waals surface area contributed by atoms with Gasteiger partial charge in [0, 0.05) is 25.7 Å². The molecule has 0 saturated carbocycles. The smallest absolute Gasteiger partial charge is 0.462 e. The van der Waals surface area contributed by atoms with Gasteiger partial charge in [0.2, 0.25) is 0 Å². The highest BCUT2D eigenvalue weighted by atomic mass is 31.2. The lowest BCUT2D eigenvalue weighted by Gasteiger charge is -2.21. The summed E-state index contributed by atoms with van der Waals surface area (Å²) in [5, 5.41) is 10.6. The minimum atomic E-state index is -4.95. The van der Waals surface area contributed by atoms with Crippen molar-refractivity contribution in [3.05, 3.63) is 0 Å². The van der Waals surface area contributed by atoms with Crippen molar-refractivity contribution in [2.45, 2.75) is 350 Å². The molecule has 0 aliphatic carbocycles. The van der Waals surface area contributed by atoms with Gasteiger partial charge < -0.3 is 33.8 Å². The summed E-state index contributed by atoms with van der Waals surface area (Å²) < 4.78 is 68.1. The zero-order chi connectivity index (χ0) is 64.7. The Hall–Kier alpha value is -1.94. The van der Waals surface area contributed by atoms with Crippen LogP contribution in [0.2, 0.25) is 0 Å². The van der Waals surface area contributed by atoms with Crippen molar-refractivity contribution in [3.8, 4) is 0 Å². The molecule has 0 bridgehead atoms. The van der Waals surface area contributed by atoms with E-state index in [1.807, 2.05) is 0 Å². The predicted octanol–water partition coefficient (Wildman–Crippen LogP) is 18.9. The first-order valence-electron chi connectivity index (χ1n) is 35.2. The Balaban J connectivity index is 5.23. The van der Waals surface area contributed by atoms with Crippen LogP contribution < -0.4 is 0 Å². The van der Waals surface area contributed by atoms with E-state index in [1.54, 1.807) is 0 Å². The van der Waals surface area contributed by atoms with E-state index in [2.05, 4.69) is 55.4 Å². The third-order valence-corrected chi connectivity index (χ3v) is 17.5. The molecule has 5 atom stereocenters. The van der Waals surface area contributed by atoms with E-state index in [1.165, 1.54) is 128 Å². The summed E-state index contributed by atoms with van der Waals surface area (Å²) in [6.45, 7) is 14.0. The SMILES string of the molecule is CC(C)CCCCCCCCCCCCCCCC(=O)O[C@H](COC(=O)CCCCCCCCCC(C)C)COP(=O)(O)OCC(O)COP(=O)(O)OC[C@@H](COC(=O)CCCCCCCCCCC(C)C)OC(=O)CCCCCCCCCC(C)C. The van der Waals surface area contributed by atoms with Crippen LogP contribution in [0.15, 0.2) is 0 Å². The molecule has 0 aromatic rings. The van der Waals surface area contributed by atoms with Crippen LogP contribution >= 0.6 is 15.6 Å². The molecule has 87 heavy (non-hydrogen) atoms. The molecule has 0 aliphatic rings. The number of ether oxygens (including phenoxy) is 4. The molecule has 19 heteroatoms. The van der Waals surface area contributed by atoms with Crippen molar-refractivity contribution in [2.75, 3.05) is 39.6 Å². The highest BCUT2D eigenvalue weighted by Gasteiger charge is 2.30. The molecule has 0 heterocycles. The Morgan fingerprint density at radius 2 is 0.483 bits per heavy atom. The monoisotopic (exact) mass is 1280 g/mol. The van der Waals surface area contributed by atoms with Gasteiger partial charge in [-0.1, -0.05) is 280 Å². The first-order chi connectivity index (χ1) is 41.6. The van der Waals surface area contributed by atoms with Crippen LogP contribution in [-0.4, -0.2) is 96.7 Å². The van der Waals surface area contributed by atoms with Gasteiger partial charge >= 0.3 is 39.5 Å². The molecular weight excluding hydrogens is 1150 g/mol. The molecule has 0 radical (unpaired) electrons. The summed E-state index contributed by atoms with van der Waals surface area (Å²) in [7, 11) is -9.90. The number of carbonyl (C=O) groups is 4. The number of rotatable bonds is 65. The standard InChI is InChI=1S/C68H132O17P2/c1-58(2)44-36-28-20-14-12-10-9-11-13-15-25-34-42-50-67(72)84-63(55-79-66(71)49-41-33-26-18-22-30-38-46-60(5)6)56-82-86(74,75)80-52-62(69)53-81-87(76,77)83-57-64(85-68(73)51-43-35-27-19-23-31-39-47-61(7)8)54-78-65(70)48-40-32-24-17-16-21-29-37-45-59(3)4/h58-64,69H,9-57H2,1-8H3,(H,74,75)(H,76,77)/t62?,63-,64-/m1/s1.